The summed E-state index contributed by atoms with van der Waals surface area (Å²) in [5.41, 5.74) is 0.852. The molecule has 0 aliphatic carbocycles. The second-order valence-electron chi connectivity index (χ2n) is 2.35. The molecule has 64 valence electrons. The molecule has 0 saturated carbocycles. The number of carbonyl (C=O) groups is 1. The predicted molar refractivity (Wildman–Crippen MR) is 42.5 cm³/mol. The Morgan fingerprint density at radius 2 is 2.33 bits per heavy atom. The summed E-state index contributed by atoms with van der Waals surface area (Å²) in [7, 11) is 1.45. The van der Waals surface area contributed by atoms with Gasteiger partial charge in [-0.25, -0.2) is 9.78 Å². The summed E-state index contributed by atoms with van der Waals surface area (Å²) < 4.78 is 4.79. The van der Waals surface area contributed by atoms with Gasteiger partial charge >= 0.3 is 5.97 Å². The van der Waals surface area contributed by atoms with Crippen LogP contribution in [-0.2, 0) is 0 Å². The third kappa shape index (κ3) is 1.53. The van der Waals surface area contributed by atoms with E-state index < -0.39 is 5.97 Å². The lowest BCUT2D eigenvalue weighted by atomic mass is 10.1. The molecule has 0 radical (unpaired) electrons. The summed E-state index contributed by atoms with van der Waals surface area (Å²) in [5.74, 6) is -0.647. The highest BCUT2D eigenvalue weighted by molar-refractivity contribution is 5.89. The molecule has 0 aliphatic rings. The fourth-order valence-corrected chi connectivity index (χ4v) is 0.847. The van der Waals surface area contributed by atoms with Gasteiger partial charge in [-0.3, -0.25) is 0 Å². The first-order valence-corrected chi connectivity index (χ1v) is 3.39. The number of ether oxygens (including phenoxy) is 1. The maximum atomic E-state index is 10.6. The lowest BCUT2D eigenvalue weighted by Gasteiger charge is -2.02. The maximum Gasteiger partial charge on any atom is 0.336 e. The summed E-state index contributed by atoms with van der Waals surface area (Å²) in [4.78, 5) is 14.5. The number of carboxylic acids is 1. The average Bonchev–Trinajstić information content (AvgIpc) is 2.05. The number of hydrogen-bond acceptors (Lipinski definition) is 3. The van der Waals surface area contributed by atoms with Gasteiger partial charge in [0.15, 0.2) is 0 Å². The number of pyridine rings is 1. The van der Waals surface area contributed by atoms with Gasteiger partial charge in [0.25, 0.3) is 0 Å². The highest BCUT2D eigenvalue weighted by Gasteiger charge is 2.08. The molecule has 0 fully saturated rings. The molecule has 1 heterocycles. The Morgan fingerprint density at radius 1 is 1.67 bits per heavy atom. The normalized spacial score (nSPS) is 9.50. The monoisotopic (exact) mass is 167 g/mol. The molecule has 4 nitrogen and oxygen atoms in total. The molecule has 1 rings (SSSR count). The molecule has 0 aliphatic heterocycles. The van der Waals surface area contributed by atoms with Crippen LogP contribution in [-0.4, -0.2) is 23.2 Å². The molecular formula is C8H9NO3. The lowest BCUT2D eigenvalue weighted by molar-refractivity contribution is 0.0695. The summed E-state index contributed by atoms with van der Waals surface area (Å²) in [6.07, 6.45) is 1.47. The van der Waals surface area contributed by atoms with Gasteiger partial charge in [0.05, 0.1) is 12.7 Å². The SMILES string of the molecule is COc1cc(C(=O)O)c(C)cn1. The minimum atomic E-state index is -0.965. The van der Waals surface area contributed by atoms with Gasteiger partial charge in [-0.1, -0.05) is 0 Å². The predicted octanol–water partition coefficient (Wildman–Crippen LogP) is 1.10. The van der Waals surface area contributed by atoms with E-state index in [0.29, 0.717) is 11.4 Å². The van der Waals surface area contributed by atoms with E-state index in [1.54, 1.807) is 6.92 Å². The zero-order chi connectivity index (χ0) is 9.14. The van der Waals surface area contributed by atoms with Crippen molar-refractivity contribution in [2.45, 2.75) is 6.92 Å². The van der Waals surface area contributed by atoms with Gasteiger partial charge in [0.1, 0.15) is 0 Å². The number of carboxylic acid groups (broad SMARTS) is 1. The summed E-state index contributed by atoms with van der Waals surface area (Å²) in [6.45, 7) is 1.69. The van der Waals surface area contributed by atoms with Crippen LogP contribution >= 0.6 is 0 Å². The van der Waals surface area contributed by atoms with Crippen molar-refractivity contribution < 1.29 is 14.6 Å². The van der Waals surface area contributed by atoms with Crippen molar-refractivity contribution in [2.75, 3.05) is 7.11 Å². The van der Waals surface area contributed by atoms with Crippen LogP contribution in [0.15, 0.2) is 12.3 Å². The standard InChI is InChI=1S/C8H9NO3/c1-5-4-9-7(12-2)3-6(5)8(10)11/h3-4H,1-2H3,(H,10,11). The zero-order valence-electron chi connectivity index (χ0n) is 6.87. The minimum Gasteiger partial charge on any atom is -0.481 e. The van der Waals surface area contributed by atoms with E-state index >= 15 is 0 Å². The Morgan fingerprint density at radius 3 is 2.83 bits per heavy atom. The second-order valence-corrected chi connectivity index (χ2v) is 2.35. The fraction of sp³-hybridized carbons (Fsp3) is 0.250. The van der Waals surface area contributed by atoms with E-state index in [4.69, 9.17) is 9.84 Å². The highest BCUT2D eigenvalue weighted by atomic mass is 16.5. The average molecular weight is 167 g/mol. The van der Waals surface area contributed by atoms with Gasteiger partial charge in [0, 0.05) is 12.3 Å². The Hall–Kier alpha value is -1.58. The van der Waals surface area contributed by atoms with Crippen molar-refractivity contribution in [1.29, 1.82) is 0 Å². The number of aryl methyl sites for hydroxylation is 1. The van der Waals surface area contributed by atoms with Crippen LogP contribution in [0, 0.1) is 6.92 Å². The van der Waals surface area contributed by atoms with Crippen LogP contribution in [0.3, 0.4) is 0 Å². The van der Waals surface area contributed by atoms with Crippen LogP contribution in [0.5, 0.6) is 5.88 Å². The molecule has 1 N–H and O–H groups in total. The third-order valence-electron chi connectivity index (χ3n) is 1.52. The number of nitrogens with zero attached hydrogens (tertiary/aromatic N) is 1. The van der Waals surface area contributed by atoms with E-state index in [-0.39, 0.29) is 5.56 Å². The lowest BCUT2D eigenvalue weighted by Crippen LogP contribution is -2.01. The quantitative estimate of drug-likeness (QED) is 0.716. The second kappa shape index (κ2) is 3.21. The molecule has 0 bridgehead atoms. The minimum absolute atomic E-state index is 0.224. The topological polar surface area (TPSA) is 59.4 Å². The molecule has 1 aromatic heterocycles. The summed E-state index contributed by atoms with van der Waals surface area (Å²) in [5, 5.41) is 8.70. The number of hydrogen-bond donors (Lipinski definition) is 1. The molecule has 0 amide bonds. The van der Waals surface area contributed by atoms with Gasteiger partial charge in [-0.05, 0) is 12.5 Å². The van der Waals surface area contributed by atoms with Gasteiger partial charge in [-0.2, -0.15) is 0 Å². The Bertz CT molecular complexity index is 309. The van der Waals surface area contributed by atoms with E-state index in [0.717, 1.165) is 0 Å². The summed E-state index contributed by atoms with van der Waals surface area (Å²) >= 11 is 0. The molecule has 4 heteroatoms. The maximum absolute atomic E-state index is 10.6. The van der Waals surface area contributed by atoms with Crippen molar-refractivity contribution >= 4 is 5.97 Å². The smallest absolute Gasteiger partial charge is 0.336 e. The van der Waals surface area contributed by atoms with E-state index in [1.165, 1.54) is 19.4 Å². The van der Waals surface area contributed by atoms with E-state index in [1.807, 2.05) is 0 Å². The van der Waals surface area contributed by atoms with Crippen molar-refractivity contribution in [1.82, 2.24) is 4.98 Å². The Labute approximate surface area is 69.8 Å². The van der Waals surface area contributed by atoms with Gasteiger partial charge in [0.2, 0.25) is 5.88 Å². The molecule has 0 spiro atoms. The van der Waals surface area contributed by atoms with Gasteiger partial charge < -0.3 is 9.84 Å². The number of aromatic nitrogens is 1. The molecule has 0 atom stereocenters. The van der Waals surface area contributed by atoms with Gasteiger partial charge in [-0.15, -0.1) is 0 Å². The van der Waals surface area contributed by atoms with Crippen molar-refractivity contribution in [3.63, 3.8) is 0 Å². The molecular weight excluding hydrogens is 158 g/mol. The molecule has 12 heavy (non-hydrogen) atoms. The first-order chi connectivity index (χ1) is 5.65. The van der Waals surface area contributed by atoms with Crippen molar-refractivity contribution in [3.8, 4) is 5.88 Å². The van der Waals surface area contributed by atoms with Crippen LogP contribution in [0.1, 0.15) is 15.9 Å². The first kappa shape index (κ1) is 8.52. The number of aromatic carboxylic acids is 1. The first-order valence-electron chi connectivity index (χ1n) is 3.39. The largest absolute Gasteiger partial charge is 0.481 e. The Balaban J connectivity index is 3.17. The number of rotatable bonds is 2. The van der Waals surface area contributed by atoms with Crippen LogP contribution in [0.4, 0.5) is 0 Å². The molecule has 0 aromatic carbocycles. The van der Waals surface area contributed by atoms with Crippen LogP contribution in [0.2, 0.25) is 0 Å². The molecule has 0 unspecified atom stereocenters. The van der Waals surface area contributed by atoms with E-state index in [2.05, 4.69) is 4.98 Å². The molecule has 0 saturated heterocycles. The zero-order valence-corrected chi connectivity index (χ0v) is 6.87. The van der Waals surface area contributed by atoms with Crippen molar-refractivity contribution in [2.24, 2.45) is 0 Å². The molecule has 1 aromatic rings. The summed E-state index contributed by atoms with van der Waals surface area (Å²) in [6, 6.07) is 1.40. The van der Waals surface area contributed by atoms with Crippen molar-refractivity contribution in [3.05, 3.63) is 23.4 Å². The van der Waals surface area contributed by atoms with Crippen LogP contribution in [0.25, 0.3) is 0 Å². The van der Waals surface area contributed by atoms with Crippen LogP contribution < -0.4 is 4.74 Å². The highest BCUT2D eigenvalue weighted by Crippen LogP contribution is 2.12. The fourth-order valence-electron chi connectivity index (χ4n) is 0.847. The Kier molecular flexibility index (Phi) is 2.28. The number of methoxy groups -OCH3 is 1. The van der Waals surface area contributed by atoms with E-state index in [9.17, 15) is 4.79 Å². The third-order valence-corrected chi connectivity index (χ3v) is 1.52.